The highest BCUT2D eigenvalue weighted by Gasteiger charge is 2.21. The number of ether oxygens (including phenoxy) is 1. The number of nitrogens with one attached hydrogen (secondary N) is 1. The van der Waals surface area contributed by atoms with E-state index in [1.54, 1.807) is 0 Å². The van der Waals surface area contributed by atoms with Crippen molar-refractivity contribution in [3.63, 3.8) is 0 Å². The van der Waals surface area contributed by atoms with Gasteiger partial charge in [-0.25, -0.2) is 13.1 Å². The number of hydrogen-bond acceptors (Lipinski definition) is 3. The van der Waals surface area contributed by atoms with Gasteiger partial charge in [0, 0.05) is 6.54 Å². The van der Waals surface area contributed by atoms with Gasteiger partial charge in [-0.05, 0) is 18.8 Å². The molecule has 1 rings (SSSR count). The van der Waals surface area contributed by atoms with Crippen LogP contribution in [-0.4, -0.2) is 33.9 Å². The van der Waals surface area contributed by atoms with Crippen molar-refractivity contribution in [3.05, 3.63) is 0 Å². The lowest BCUT2D eigenvalue weighted by Crippen LogP contribution is -2.31. The smallest absolute Gasteiger partial charge is 0.208 e. The van der Waals surface area contributed by atoms with Gasteiger partial charge in [-0.15, -0.1) is 0 Å². The number of hydrogen-bond donors (Lipinski definition) is 1. The van der Waals surface area contributed by atoms with Gasteiger partial charge >= 0.3 is 0 Å². The molecule has 0 aliphatic heterocycles. The normalized spacial score (nSPS) is 27.9. The van der Waals surface area contributed by atoms with Crippen LogP contribution in [0.4, 0.5) is 0 Å². The molecule has 0 aromatic carbocycles. The van der Waals surface area contributed by atoms with Crippen molar-refractivity contribution < 1.29 is 13.2 Å². The fourth-order valence-corrected chi connectivity index (χ4v) is 2.42. The van der Waals surface area contributed by atoms with E-state index in [1.165, 1.54) is 19.3 Å². The quantitative estimate of drug-likeness (QED) is 0.727. The molecular formula is C10H21NO3S. The molecule has 0 amide bonds. The summed E-state index contributed by atoms with van der Waals surface area (Å²) in [6, 6.07) is 0. The minimum absolute atomic E-state index is 0.320. The van der Waals surface area contributed by atoms with Crippen LogP contribution in [0.25, 0.3) is 0 Å². The van der Waals surface area contributed by atoms with Crippen LogP contribution >= 0.6 is 0 Å². The Bertz CT molecular complexity index is 276. The Labute approximate surface area is 92.4 Å². The second kappa shape index (κ2) is 5.82. The predicted octanol–water partition coefficient (Wildman–Crippen LogP) is 1.13. The Kier molecular flexibility index (Phi) is 5.02. The SMILES string of the molecule is C[C@H]1CCCC[C@@H]1OCCNS(C)(=O)=O. The van der Waals surface area contributed by atoms with Gasteiger partial charge in [0.25, 0.3) is 0 Å². The van der Waals surface area contributed by atoms with Crippen molar-refractivity contribution >= 4 is 10.0 Å². The Morgan fingerprint density at radius 1 is 1.33 bits per heavy atom. The standard InChI is InChI=1S/C10H21NO3S/c1-9-5-3-4-6-10(9)14-8-7-11-15(2,12)13/h9-11H,3-8H2,1-2H3/t9-,10-/m0/s1. The van der Waals surface area contributed by atoms with Crippen molar-refractivity contribution in [2.24, 2.45) is 5.92 Å². The van der Waals surface area contributed by atoms with E-state index in [0.29, 0.717) is 25.2 Å². The zero-order chi connectivity index (χ0) is 11.3. The molecule has 1 fully saturated rings. The van der Waals surface area contributed by atoms with Crippen LogP contribution in [0.5, 0.6) is 0 Å². The molecule has 15 heavy (non-hydrogen) atoms. The van der Waals surface area contributed by atoms with Gasteiger partial charge < -0.3 is 4.74 Å². The molecule has 1 saturated carbocycles. The van der Waals surface area contributed by atoms with Gasteiger partial charge in [0.05, 0.1) is 19.0 Å². The lowest BCUT2D eigenvalue weighted by Gasteiger charge is -2.28. The molecule has 0 heterocycles. The van der Waals surface area contributed by atoms with Crippen LogP contribution in [-0.2, 0) is 14.8 Å². The first-order valence-electron chi connectivity index (χ1n) is 5.55. The summed E-state index contributed by atoms with van der Waals surface area (Å²) in [6.45, 7) is 3.05. The van der Waals surface area contributed by atoms with Crippen LogP contribution in [0.2, 0.25) is 0 Å². The minimum atomic E-state index is -3.07. The second-order valence-corrected chi connectivity index (χ2v) is 6.17. The van der Waals surface area contributed by atoms with Crippen LogP contribution in [0.1, 0.15) is 32.6 Å². The summed E-state index contributed by atoms with van der Waals surface area (Å²) >= 11 is 0. The molecule has 0 aromatic rings. The summed E-state index contributed by atoms with van der Waals surface area (Å²) in [7, 11) is -3.07. The van der Waals surface area contributed by atoms with E-state index in [2.05, 4.69) is 11.6 Å². The third kappa shape index (κ3) is 5.49. The second-order valence-electron chi connectivity index (χ2n) is 4.34. The summed E-state index contributed by atoms with van der Waals surface area (Å²) in [4.78, 5) is 0. The molecule has 0 bridgehead atoms. The zero-order valence-electron chi connectivity index (χ0n) is 9.53. The van der Waals surface area contributed by atoms with Crippen molar-refractivity contribution in [1.82, 2.24) is 4.72 Å². The number of sulfonamides is 1. The molecule has 0 saturated heterocycles. The molecule has 1 aliphatic rings. The van der Waals surface area contributed by atoms with E-state index in [1.807, 2.05) is 0 Å². The average molecular weight is 235 g/mol. The topological polar surface area (TPSA) is 55.4 Å². The fourth-order valence-electron chi connectivity index (χ4n) is 1.97. The van der Waals surface area contributed by atoms with Gasteiger partial charge in [0.2, 0.25) is 10.0 Å². The molecule has 1 N–H and O–H groups in total. The monoisotopic (exact) mass is 235 g/mol. The maximum atomic E-state index is 10.8. The van der Waals surface area contributed by atoms with E-state index in [9.17, 15) is 8.42 Å². The van der Waals surface area contributed by atoms with E-state index < -0.39 is 10.0 Å². The summed E-state index contributed by atoms with van der Waals surface area (Å²) in [6.07, 6.45) is 6.34. The van der Waals surface area contributed by atoms with Gasteiger partial charge in [-0.3, -0.25) is 0 Å². The Hall–Kier alpha value is -0.130. The summed E-state index contributed by atoms with van der Waals surface area (Å²) < 4.78 is 29.6. The summed E-state index contributed by atoms with van der Waals surface area (Å²) in [5.74, 6) is 0.608. The van der Waals surface area contributed by atoms with Gasteiger partial charge in [0.1, 0.15) is 0 Å². The van der Waals surface area contributed by atoms with Crippen molar-refractivity contribution in [1.29, 1.82) is 0 Å². The zero-order valence-corrected chi connectivity index (χ0v) is 10.3. The van der Waals surface area contributed by atoms with Crippen molar-refractivity contribution in [2.45, 2.75) is 38.7 Å². The first-order chi connectivity index (χ1) is 6.99. The first kappa shape index (κ1) is 12.9. The largest absolute Gasteiger partial charge is 0.377 e. The molecule has 4 nitrogen and oxygen atoms in total. The molecular weight excluding hydrogens is 214 g/mol. The van der Waals surface area contributed by atoms with Crippen LogP contribution in [0.15, 0.2) is 0 Å². The molecule has 1 aliphatic carbocycles. The third-order valence-corrected chi connectivity index (χ3v) is 3.56. The van der Waals surface area contributed by atoms with Gasteiger partial charge in [0.15, 0.2) is 0 Å². The molecule has 0 spiro atoms. The molecule has 2 atom stereocenters. The van der Waals surface area contributed by atoms with E-state index in [4.69, 9.17) is 4.74 Å². The molecule has 0 unspecified atom stereocenters. The minimum Gasteiger partial charge on any atom is -0.377 e. The first-order valence-corrected chi connectivity index (χ1v) is 7.44. The Morgan fingerprint density at radius 3 is 2.60 bits per heavy atom. The van der Waals surface area contributed by atoms with Crippen molar-refractivity contribution in [3.8, 4) is 0 Å². The highest BCUT2D eigenvalue weighted by atomic mass is 32.2. The highest BCUT2D eigenvalue weighted by Crippen LogP contribution is 2.25. The van der Waals surface area contributed by atoms with Crippen LogP contribution < -0.4 is 4.72 Å². The lowest BCUT2D eigenvalue weighted by atomic mass is 9.88. The predicted molar refractivity (Wildman–Crippen MR) is 60.2 cm³/mol. The van der Waals surface area contributed by atoms with Gasteiger partial charge in [-0.2, -0.15) is 0 Å². The van der Waals surface area contributed by atoms with Gasteiger partial charge in [-0.1, -0.05) is 19.8 Å². The summed E-state index contributed by atoms with van der Waals surface area (Å²) in [5.41, 5.74) is 0. The van der Waals surface area contributed by atoms with E-state index >= 15 is 0 Å². The molecule has 5 heteroatoms. The van der Waals surface area contributed by atoms with Crippen molar-refractivity contribution in [2.75, 3.05) is 19.4 Å². The summed E-state index contributed by atoms with van der Waals surface area (Å²) in [5, 5.41) is 0. The fraction of sp³-hybridized carbons (Fsp3) is 1.00. The Balaban J connectivity index is 2.14. The lowest BCUT2D eigenvalue weighted by molar-refractivity contribution is -0.00175. The Morgan fingerprint density at radius 2 is 2.00 bits per heavy atom. The average Bonchev–Trinajstić information content (AvgIpc) is 2.13. The highest BCUT2D eigenvalue weighted by molar-refractivity contribution is 7.88. The molecule has 0 aromatic heterocycles. The third-order valence-electron chi connectivity index (χ3n) is 2.83. The van der Waals surface area contributed by atoms with E-state index in [-0.39, 0.29) is 0 Å². The molecule has 90 valence electrons. The van der Waals surface area contributed by atoms with E-state index in [0.717, 1.165) is 12.7 Å². The maximum absolute atomic E-state index is 10.8. The maximum Gasteiger partial charge on any atom is 0.208 e. The van der Waals surface area contributed by atoms with Crippen LogP contribution in [0, 0.1) is 5.92 Å². The molecule has 0 radical (unpaired) electrons. The van der Waals surface area contributed by atoms with Crippen LogP contribution in [0.3, 0.4) is 0 Å². The number of rotatable bonds is 5.